The summed E-state index contributed by atoms with van der Waals surface area (Å²) < 4.78 is 0. The minimum Gasteiger partial charge on any atom is -0.356 e. The van der Waals surface area contributed by atoms with Crippen LogP contribution in [0.25, 0.3) is 0 Å². The van der Waals surface area contributed by atoms with Gasteiger partial charge in [-0.3, -0.25) is 0 Å². The average molecular weight is 324 g/mol. The molecule has 1 fully saturated rings. The Balaban J connectivity index is 1.83. The molecule has 2 aromatic rings. The highest BCUT2D eigenvalue weighted by Crippen LogP contribution is 2.22. The summed E-state index contributed by atoms with van der Waals surface area (Å²) >= 11 is 0. The van der Waals surface area contributed by atoms with E-state index in [-0.39, 0.29) is 0 Å². The van der Waals surface area contributed by atoms with Crippen LogP contribution in [0.5, 0.6) is 0 Å². The van der Waals surface area contributed by atoms with Gasteiger partial charge in [0.2, 0.25) is 5.95 Å². The molecule has 2 heterocycles. The summed E-state index contributed by atoms with van der Waals surface area (Å²) in [5, 5.41) is 0. The maximum atomic E-state index is 4.91. The first-order valence-corrected chi connectivity index (χ1v) is 9.16. The summed E-state index contributed by atoms with van der Waals surface area (Å²) in [6, 6.07) is 12.7. The molecule has 1 aliphatic rings. The molecule has 1 saturated heterocycles. The van der Waals surface area contributed by atoms with Gasteiger partial charge in [-0.2, -0.15) is 4.98 Å². The number of nitrogens with zero attached hydrogens (tertiary/aromatic N) is 4. The smallest absolute Gasteiger partial charge is 0.227 e. The molecule has 3 rings (SSSR count). The second-order valence-corrected chi connectivity index (χ2v) is 6.57. The summed E-state index contributed by atoms with van der Waals surface area (Å²) in [5.74, 6) is 1.94. The highest BCUT2D eigenvalue weighted by molar-refractivity contribution is 5.46. The van der Waals surface area contributed by atoms with Gasteiger partial charge in [0, 0.05) is 37.9 Å². The van der Waals surface area contributed by atoms with Crippen LogP contribution < -0.4 is 9.80 Å². The zero-order valence-electron chi connectivity index (χ0n) is 14.9. The van der Waals surface area contributed by atoms with Crippen LogP contribution >= 0.6 is 0 Å². The van der Waals surface area contributed by atoms with Gasteiger partial charge in [0.15, 0.2) is 0 Å². The van der Waals surface area contributed by atoms with Crippen LogP contribution in [0.3, 0.4) is 0 Å². The number of benzene rings is 1. The molecule has 0 aliphatic carbocycles. The van der Waals surface area contributed by atoms with Gasteiger partial charge in [0.05, 0.1) is 0 Å². The average Bonchev–Trinajstić information content (AvgIpc) is 2.89. The first kappa shape index (κ1) is 16.7. The molecule has 128 valence electrons. The molecular formula is C20H28N4. The molecular weight excluding hydrogens is 296 g/mol. The van der Waals surface area contributed by atoms with Crippen LogP contribution in [-0.2, 0) is 6.54 Å². The van der Waals surface area contributed by atoms with E-state index < -0.39 is 0 Å². The molecule has 0 saturated carbocycles. The monoisotopic (exact) mass is 324 g/mol. The summed E-state index contributed by atoms with van der Waals surface area (Å²) in [6.07, 6.45) is 5.20. The molecule has 24 heavy (non-hydrogen) atoms. The topological polar surface area (TPSA) is 32.3 Å². The molecule has 0 radical (unpaired) electrons. The Morgan fingerprint density at radius 1 is 1.00 bits per heavy atom. The molecule has 4 heteroatoms. The normalized spacial score (nSPS) is 15.2. The quantitative estimate of drug-likeness (QED) is 0.825. The Morgan fingerprint density at radius 3 is 2.38 bits per heavy atom. The zero-order valence-corrected chi connectivity index (χ0v) is 14.9. The number of rotatable bonds is 5. The summed E-state index contributed by atoms with van der Waals surface area (Å²) in [6.45, 7) is 8.21. The summed E-state index contributed by atoms with van der Waals surface area (Å²) in [7, 11) is 0. The van der Waals surface area contributed by atoms with Gasteiger partial charge < -0.3 is 9.80 Å². The van der Waals surface area contributed by atoms with Gasteiger partial charge in [-0.25, -0.2) is 4.98 Å². The third-order valence-corrected chi connectivity index (χ3v) is 4.64. The van der Waals surface area contributed by atoms with Gasteiger partial charge in [-0.05, 0) is 32.3 Å². The van der Waals surface area contributed by atoms with Crippen molar-refractivity contribution in [2.45, 2.75) is 46.1 Å². The van der Waals surface area contributed by atoms with E-state index in [1.54, 1.807) is 0 Å². The third kappa shape index (κ3) is 4.25. The Morgan fingerprint density at radius 2 is 1.71 bits per heavy atom. The lowest BCUT2D eigenvalue weighted by atomic mass is 10.2. The van der Waals surface area contributed by atoms with Crippen LogP contribution in [0.15, 0.2) is 36.4 Å². The maximum Gasteiger partial charge on any atom is 0.227 e. The second-order valence-electron chi connectivity index (χ2n) is 6.57. The number of aromatic nitrogens is 2. The SMILES string of the molecule is CCN(Cc1ccccc1)c1nc(C)cc(N2CCCCCC2)n1. The maximum absolute atomic E-state index is 4.91. The lowest BCUT2D eigenvalue weighted by Crippen LogP contribution is -2.28. The van der Waals surface area contributed by atoms with E-state index in [4.69, 9.17) is 9.97 Å². The van der Waals surface area contributed by atoms with Crippen molar-refractivity contribution in [1.82, 2.24) is 9.97 Å². The first-order chi connectivity index (χ1) is 11.8. The minimum atomic E-state index is 0.847. The van der Waals surface area contributed by atoms with Crippen molar-refractivity contribution >= 4 is 11.8 Å². The largest absolute Gasteiger partial charge is 0.356 e. The molecule has 0 bridgehead atoms. The molecule has 1 aromatic heterocycles. The number of aryl methyl sites for hydroxylation is 1. The van der Waals surface area contributed by atoms with Gasteiger partial charge in [0.25, 0.3) is 0 Å². The Hall–Kier alpha value is -2.10. The van der Waals surface area contributed by atoms with E-state index in [1.165, 1.54) is 31.2 Å². The molecule has 1 aliphatic heterocycles. The Kier molecular flexibility index (Phi) is 5.68. The lowest BCUT2D eigenvalue weighted by Gasteiger charge is -2.26. The number of hydrogen-bond donors (Lipinski definition) is 0. The van der Waals surface area contributed by atoms with Crippen molar-refractivity contribution in [2.24, 2.45) is 0 Å². The van der Waals surface area contributed by atoms with E-state index in [0.29, 0.717) is 0 Å². The highest BCUT2D eigenvalue weighted by Gasteiger charge is 2.15. The van der Waals surface area contributed by atoms with Crippen LogP contribution in [0, 0.1) is 6.92 Å². The third-order valence-electron chi connectivity index (χ3n) is 4.64. The lowest BCUT2D eigenvalue weighted by molar-refractivity contribution is 0.726. The van der Waals surface area contributed by atoms with Crippen LogP contribution in [0.1, 0.15) is 43.9 Å². The van der Waals surface area contributed by atoms with Crippen LogP contribution in [-0.4, -0.2) is 29.6 Å². The first-order valence-electron chi connectivity index (χ1n) is 9.16. The molecule has 4 nitrogen and oxygen atoms in total. The van der Waals surface area contributed by atoms with Crippen molar-refractivity contribution < 1.29 is 0 Å². The minimum absolute atomic E-state index is 0.847. The summed E-state index contributed by atoms with van der Waals surface area (Å²) in [4.78, 5) is 14.3. The standard InChI is InChI=1S/C20H28N4/c1-3-23(16-18-11-7-6-8-12-18)20-21-17(2)15-19(22-20)24-13-9-4-5-10-14-24/h6-8,11-12,15H,3-5,9-10,13-14,16H2,1-2H3. The second kappa shape index (κ2) is 8.13. The molecule has 0 spiro atoms. The fourth-order valence-corrected chi connectivity index (χ4v) is 3.27. The summed E-state index contributed by atoms with van der Waals surface area (Å²) in [5.41, 5.74) is 2.34. The van der Waals surface area contributed by atoms with Gasteiger partial charge in [0.1, 0.15) is 5.82 Å². The van der Waals surface area contributed by atoms with Crippen molar-refractivity contribution in [3.05, 3.63) is 47.7 Å². The fraction of sp³-hybridized carbons (Fsp3) is 0.500. The predicted molar refractivity (Wildman–Crippen MR) is 101 cm³/mol. The fourth-order valence-electron chi connectivity index (χ4n) is 3.27. The van der Waals surface area contributed by atoms with Crippen LogP contribution in [0.4, 0.5) is 11.8 Å². The van der Waals surface area contributed by atoms with Gasteiger partial charge >= 0.3 is 0 Å². The zero-order chi connectivity index (χ0) is 16.8. The van der Waals surface area contributed by atoms with Gasteiger partial charge in [-0.15, -0.1) is 0 Å². The van der Waals surface area contributed by atoms with Gasteiger partial charge in [-0.1, -0.05) is 43.2 Å². The number of hydrogen-bond acceptors (Lipinski definition) is 4. The van der Waals surface area contributed by atoms with E-state index in [0.717, 1.165) is 43.6 Å². The van der Waals surface area contributed by atoms with Crippen molar-refractivity contribution in [2.75, 3.05) is 29.4 Å². The number of anilines is 2. The molecule has 0 N–H and O–H groups in total. The van der Waals surface area contributed by atoms with E-state index in [1.807, 2.05) is 0 Å². The van der Waals surface area contributed by atoms with E-state index in [9.17, 15) is 0 Å². The van der Waals surface area contributed by atoms with E-state index >= 15 is 0 Å². The van der Waals surface area contributed by atoms with E-state index in [2.05, 4.69) is 60.0 Å². The van der Waals surface area contributed by atoms with Crippen molar-refractivity contribution in [3.8, 4) is 0 Å². The molecule has 0 unspecified atom stereocenters. The highest BCUT2D eigenvalue weighted by atomic mass is 15.3. The Bertz CT molecular complexity index is 633. The van der Waals surface area contributed by atoms with Crippen molar-refractivity contribution in [3.63, 3.8) is 0 Å². The molecule has 0 atom stereocenters. The van der Waals surface area contributed by atoms with Crippen molar-refractivity contribution in [1.29, 1.82) is 0 Å². The predicted octanol–water partition coefficient (Wildman–Crippen LogP) is 4.19. The molecule has 0 amide bonds. The molecule has 1 aromatic carbocycles. The van der Waals surface area contributed by atoms with Crippen LogP contribution in [0.2, 0.25) is 0 Å². The Labute approximate surface area is 145 Å².